The van der Waals surface area contributed by atoms with E-state index in [1.54, 1.807) is 7.11 Å². The second kappa shape index (κ2) is 4.74. The predicted molar refractivity (Wildman–Crippen MR) is 64.2 cm³/mol. The van der Waals surface area contributed by atoms with Gasteiger partial charge in [-0.3, -0.25) is 0 Å². The van der Waals surface area contributed by atoms with E-state index in [0.717, 1.165) is 31.5 Å². The van der Waals surface area contributed by atoms with Crippen molar-refractivity contribution in [2.75, 3.05) is 20.2 Å². The van der Waals surface area contributed by atoms with Crippen LogP contribution in [0.1, 0.15) is 29.9 Å². The van der Waals surface area contributed by atoms with Crippen LogP contribution in [0.3, 0.4) is 0 Å². The molecule has 0 unspecified atom stereocenters. The van der Waals surface area contributed by atoms with Crippen LogP contribution < -0.4 is 10.1 Å². The minimum atomic E-state index is 0.264. The van der Waals surface area contributed by atoms with Crippen LogP contribution >= 0.6 is 0 Å². The Kier molecular flexibility index (Phi) is 3.34. The van der Waals surface area contributed by atoms with Crippen molar-refractivity contribution in [2.24, 2.45) is 0 Å². The number of aryl methyl sites for hydroxylation is 1. The van der Waals surface area contributed by atoms with Crippen molar-refractivity contribution in [3.63, 3.8) is 0 Å². The van der Waals surface area contributed by atoms with Gasteiger partial charge in [0.15, 0.2) is 11.5 Å². The lowest BCUT2D eigenvalue weighted by Crippen LogP contribution is -2.26. The van der Waals surface area contributed by atoms with Gasteiger partial charge in [-0.1, -0.05) is 6.07 Å². The minimum absolute atomic E-state index is 0.264. The number of benzene rings is 1. The lowest BCUT2D eigenvalue weighted by atomic mass is 9.89. The minimum Gasteiger partial charge on any atom is -0.504 e. The van der Waals surface area contributed by atoms with Crippen molar-refractivity contribution in [1.82, 2.24) is 5.32 Å². The summed E-state index contributed by atoms with van der Waals surface area (Å²) in [5.41, 5.74) is 2.18. The Balaban J connectivity index is 2.29. The van der Waals surface area contributed by atoms with Crippen molar-refractivity contribution in [1.29, 1.82) is 0 Å². The SMILES string of the molecule is COc1cc(C2CCNCC2)cc(C)c1O. The molecule has 0 aliphatic carbocycles. The number of ether oxygens (including phenoxy) is 1. The Morgan fingerprint density at radius 1 is 1.31 bits per heavy atom. The van der Waals surface area contributed by atoms with E-state index in [1.807, 2.05) is 13.0 Å². The van der Waals surface area contributed by atoms with Gasteiger partial charge in [-0.15, -0.1) is 0 Å². The average Bonchev–Trinajstić information content (AvgIpc) is 2.33. The monoisotopic (exact) mass is 221 g/mol. The summed E-state index contributed by atoms with van der Waals surface area (Å²) in [5.74, 6) is 1.45. The molecule has 1 saturated heterocycles. The smallest absolute Gasteiger partial charge is 0.161 e. The summed E-state index contributed by atoms with van der Waals surface area (Å²) in [6.07, 6.45) is 2.32. The number of piperidine rings is 1. The van der Waals surface area contributed by atoms with Gasteiger partial charge in [-0.2, -0.15) is 0 Å². The first-order chi connectivity index (χ1) is 7.72. The zero-order chi connectivity index (χ0) is 11.5. The molecule has 3 heteroatoms. The molecule has 0 radical (unpaired) electrons. The number of methoxy groups -OCH3 is 1. The van der Waals surface area contributed by atoms with E-state index in [9.17, 15) is 5.11 Å². The standard InChI is InChI=1S/C13H19NO2/c1-9-7-11(8-12(16-2)13(9)15)10-3-5-14-6-4-10/h7-8,10,14-15H,3-6H2,1-2H3. The molecule has 1 fully saturated rings. The van der Waals surface area contributed by atoms with E-state index < -0.39 is 0 Å². The number of rotatable bonds is 2. The lowest BCUT2D eigenvalue weighted by molar-refractivity contribution is 0.369. The van der Waals surface area contributed by atoms with E-state index in [4.69, 9.17) is 4.74 Å². The van der Waals surface area contributed by atoms with E-state index in [1.165, 1.54) is 5.56 Å². The van der Waals surface area contributed by atoms with Crippen molar-refractivity contribution in [2.45, 2.75) is 25.7 Å². The number of aromatic hydroxyl groups is 1. The van der Waals surface area contributed by atoms with Crippen molar-refractivity contribution >= 4 is 0 Å². The van der Waals surface area contributed by atoms with Crippen LogP contribution in [0.2, 0.25) is 0 Å². The van der Waals surface area contributed by atoms with Crippen molar-refractivity contribution < 1.29 is 9.84 Å². The highest BCUT2D eigenvalue weighted by Crippen LogP contribution is 2.35. The van der Waals surface area contributed by atoms with Crippen LogP contribution in [0.5, 0.6) is 11.5 Å². The molecule has 2 rings (SSSR count). The largest absolute Gasteiger partial charge is 0.504 e. The molecule has 2 N–H and O–H groups in total. The van der Waals surface area contributed by atoms with Gasteiger partial charge < -0.3 is 15.2 Å². The van der Waals surface area contributed by atoms with Crippen LogP contribution in [0.4, 0.5) is 0 Å². The van der Waals surface area contributed by atoms with Crippen LogP contribution in [0.15, 0.2) is 12.1 Å². The molecule has 1 aliphatic rings. The summed E-state index contributed by atoms with van der Waals surface area (Å²) in [6, 6.07) is 4.05. The van der Waals surface area contributed by atoms with Crippen LogP contribution in [0, 0.1) is 6.92 Å². The van der Waals surface area contributed by atoms with E-state index in [0.29, 0.717) is 11.7 Å². The highest BCUT2D eigenvalue weighted by molar-refractivity contribution is 5.48. The Bertz CT molecular complexity index is 370. The molecule has 1 heterocycles. The maximum Gasteiger partial charge on any atom is 0.161 e. The third kappa shape index (κ3) is 2.14. The Hall–Kier alpha value is -1.22. The van der Waals surface area contributed by atoms with E-state index in [2.05, 4.69) is 11.4 Å². The van der Waals surface area contributed by atoms with Crippen LogP contribution in [-0.4, -0.2) is 25.3 Å². The Morgan fingerprint density at radius 2 is 2.00 bits per heavy atom. The molecule has 0 atom stereocenters. The molecular formula is C13H19NO2. The molecule has 1 aromatic carbocycles. The van der Waals surface area contributed by atoms with Gasteiger partial charge in [0.05, 0.1) is 7.11 Å². The maximum absolute atomic E-state index is 9.78. The van der Waals surface area contributed by atoms with E-state index in [-0.39, 0.29) is 5.75 Å². The molecule has 0 aromatic heterocycles. The first-order valence-corrected chi connectivity index (χ1v) is 5.80. The topological polar surface area (TPSA) is 41.5 Å². The summed E-state index contributed by atoms with van der Waals surface area (Å²) in [5, 5.41) is 13.1. The highest BCUT2D eigenvalue weighted by atomic mass is 16.5. The second-order valence-electron chi connectivity index (χ2n) is 4.41. The number of phenols is 1. The zero-order valence-electron chi connectivity index (χ0n) is 9.92. The van der Waals surface area contributed by atoms with Gasteiger partial charge in [-0.25, -0.2) is 0 Å². The lowest BCUT2D eigenvalue weighted by Gasteiger charge is -2.24. The number of phenolic OH excluding ortho intramolecular Hbond substituents is 1. The van der Waals surface area contributed by atoms with Crippen molar-refractivity contribution in [3.8, 4) is 11.5 Å². The third-order valence-corrected chi connectivity index (χ3v) is 3.32. The number of nitrogens with one attached hydrogen (secondary N) is 1. The van der Waals surface area contributed by atoms with Gasteiger partial charge in [0.1, 0.15) is 0 Å². The molecular weight excluding hydrogens is 202 g/mol. The number of hydrogen-bond acceptors (Lipinski definition) is 3. The van der Waals surface area contributed by atoms with Gasteiger partial charge in [0.25, 0.3) is 0 Å². The maximum atomic E-state index is 9.78. The van der Waals surface area contributed by atoms with Gasteiger partial charge in [0, 0.05) is 0 Å². The molecule has 0 saturated carbocycles. The van der Waals surface area contributed by atoms with Crippen LogP contribution in [0.25, 0.3) is 0 Å². The Morgan fingerprint density at radius 3 is 2.62 bits per heavy atom. The molecule has 88 valence electrons. The van der Waals surface area contributed by atoms with Gasteiger partial charge in [0.2, 0.25) is 0 Å². The highest BCUT2D eigenvalue weighted by Gasteiger charge is 2.17. The predicted octanol–water partition coefficient (Wildman–Crippen LogP) is 2.18. The van der Waals surface area contributed by atoms with E-state index >= 15 is 0 Å². The molecule has 0 bridgehead atoms. The van der Waals surface area contributed by atoms with Gasteiger partial charge >= 0.3 is 0 Å². The molecule has 1 aromatic rings. The third-order valence-electron chi connectivity index (χ3n) is 3.32. The van der Waals surface area contributed by atoms with Crippen LogP contribution in [-0.2, 0) is 0 Å². The average molecular weight is 221 g/mol. The van der Waals surface area contributed by atoms with Gasteiger partial charge in [-0.05, 0) is 56.0 Å². The quantitative estimate of drug-likeness (QED) is 0.804. The second-order valence-corrected chi connectivity index (χ2v) is 4.41. The summed E-state index contributed by atoms with van der Waals surface area (Å²) in [7, 11) is 1.60. The van der Waals surface area contributed by atoms with Crippen molar-refractivity contribution in [3.05, 3.63) is 23.3 Å². The Labute approximate surface area is 96.4 Å². The fourth-order valence-corrected chi connectivity index (χ4v) is 2.32. The molecule has 0 spiro atoms. The number of hydrogen-bond donors (Lipinski definition) is 2. The summed E-state index contributed by atoms with van der Waals surface area (Å²) in [4.78, 5) is 0. The zero-order valence-corrected chi connectivity index (χ0v) is 9.92. The summed E-state index contributed by atoms with van der Waals surface area (Å²) in [6.45, 7) is 4.07. The summed E-state index contributed by atoms with van der Waals surface area (Å²) >= 11 is 0. The molecule has 16 heavy (non-hydrogen) atoms. The summed E-state index contributed by atoms with van der Waals surface area (Å²) < 4.78 is 5.19. The first kappa shape index (κ1) is 11.3. The first-order valence-electron chi connectivity index (χ1n) is 5.80. The molecule has 1 aliphatic heterocycles. The fraction of sp³-hybridized carbons (Fsp3) is 0.538. The normalized spacial score (nSPS) is 17.4. The molecule has 0 amide bonds. The fourth-order valence-electron chi connectivity index (χ4n) is 2.32. The molecule has 3 nitrogen and oxygen atoms in total.